The predicted molar refractivity (Wildman–Crippen MR) is 110 cm³/mol. The summed E-state index contributed by atoms with van der Waals surface area (Å²) in [5.41, 5.74) is 1.84. The van der Waals surface area contributed by atoms with Crippen molar-refractivity contribution in [2.45, 2.75) is 6.42 Å². The van der Waals surface area contributed by atoms with Gasteiger partial charge in [0, 0.05) is 23.9 Å². The van der Waals surface area contributed by atoms with Crippen LogP contribution in [0.1, 0.15) is 6.42 Å². The normalized spacial score (nSPS) is 16.1. The van der Waals surface area contributed by atoms with E-state index in [1.54, 1.807) is 19.2 Å². The number of carbonyl (C=O) groups is 2. The topological polar surface area (TPSA) is 71.5 Å². The summed E-state index contributed by atoms with van der Waals surface area (Å²) in [4.78, 5) is 30.7. The third kappa shape index (κ3) is 3.97. The molecule has 3 aromatic rings. The number of halogens is 1. The SMILES string of the molecule is COc1ccc(-c2csc(NC(=O)[C@@H]3CC(=O)N(c4ccccc4F)C3)n2)cc1. The second kappa shape index (κ2) is 8.00. The number of hydrogen-bond acceptors (Lipinski definition) is 5. The van der Waals surface area contributed by atoms with Gasteiger partial charge in [-0.05, 0) is 36.4 Å². The molecule has 0 saturated carbocycles. The van der Waals surface area contributed by atoms with E-state index in [1.807, 2.05) is 29.6 Å². The van der Waals surface area contributed by atoms with E-state index in [2.05, 4.69) is 10.3 Å². The molecule has 0 unspecified atom stereocenters. The minimum Gasteiger partial charge on any atom is -0.497 e. The molecule has 8 heteroatoms. The van der Waals surface area contributed by atoms with Crippen LogP contribution in [0.15, 0.2) is 53.9 Å². The van der Waals surface area contributed by atoms with Gasteiger partial charge in [0.1, 0.15) is 11.6 Å². The fraction of sp³-hybridized carbons (Fsp3) is 0.190. The average Bonchev–Trinajstić information content (AvgIpc) is 3.35. The zero-order valence-electron chi connectivity index (χ0n) is 15.6. The average molecular weight is 411 g/mol. The number of amides is 2. The van der Waals surface area contributed by atoms with Gasteiger partial charge in [0.05, 0.1) is 24.4 Å². The first-order valence-electron chi connectivity index (χ1n) is 9.01. The Labute approximate surface area is 171 Å². The molecule has 1 N–H and O–H groups in total. The summed E-state index contributed by atoms with van der Waals surface area (Å²) < 4.78 is 19.1. The van der Waals surface area contributed by atoms with Crippen LogP contribution in [-0.4, -0.2) is 30.5 Å². The van der Waals surface area contributed by atoms with Gasteiger partial charge in [-0.1, -0.05) is 12.1 Å². The van der Waals surface area contributed by atoms with Crippen molar-refractivity contribution in [3.05, 3.63) is 59.7 Å². The number of nitrogens with zero attached hydrogens (tertiary/aromatic N) is 2. The molecule has 4 rings (SSSR count). The number of anilines is 2. The molecule has 1 aliphatic rings. The molecule has 0 bridgehead atoms. The second-order valence-electron chi connectivity index (χ2n) is 6.61. The molecule has 6 nitrogen and oxygen atoms in total. The van der Waals surface area contributed by atoms with E-state index in [4.69, 9.17) is 4.74 Å². The van der Waals surface area contributed by atoms with Crippen molar-refractivity contribution >= 4 is 34.0 Å². The molecule has 148 valence electrons. The zero-order chi connectivity index (χ0) is 20.4. The van der Waals surface area contributed by atoms with Crippen LogP contribution < -0.4 is 15.0 Å². The highest BCUT2D eigenvalue weighted by Crippen LogP contribution is 2.30. The fourth-order valence-corrected chi connectivity index (χ4v) is 3.94. The lowest BCUT2D eigenvalue weighted by Crippen LogP contribution is -2.28. The molecule has 1 fully saturated rings. The fourth-order valence-electron chi connectivity index (χ4n) is 3.22. The maximum atomic E-state index is 14.0. The highest BCUT2D eigenvalue weighted by Gasteiger charge is 2.36. The number of hydrogen-bond donors (Lipinski definition) is 1. The van der Waals surface area contributed by atoms with E-state index in [0.29, 0.717) is 5.13 Å². The minimum absolute atomic E-state index is 0.0386. The van der Waals surface area contributed by atoms with E-state index >= 15 is 0 Å². The molecule has 1 aliphatic heterocycles. The van der Waals surface area contributed by atoms with Crippen LogP contribution in [0.3, 0.4) is 0 Å². The Kier molecular flexibility index (Phi) is 5.26. The number of rotatable bonds is 5. The maximum absolute atomic E-state index is 14.0. The van der Waals surface area contributed by atoms with Gasteiger partial charge >= 0.3 is 0 Å². The van der Waals surface area contributed by atoms with Gasteiger partial charge in [0.25, 0.3) is 0 Å². The van der Waals surface area contributed by atoms with Crippen molar-refractivity contribution in [3.63, 3.8) is 0 Å². The Balaban J connectivity index is 1.43. The van der Waals surface area contributed by atoms with Gasteiger partial charge < -0.3 is 15.0 Å². The van der Waals surface area contributed by atoms with E-state index in [1.165, 1.54) is 28.4 Å². The van der Waals surface area contributed by atoms with Gasteiger partial charge in [0.15, 0.2) is 5.13 Å². The predicted octanol–water partition coefficient (Wildman–Crippen LogP) is 3.95. The van der Waals surface area contributed by atoms with Crippen LogP contribution in [0.2, 0.25) is 0 Å². The van der Waals surface area contributed by atoms with E-state index in [9.17, 15) is 14.0 Å². The van der Waals surface area contributed by atoms with Crippen molar-refractivity contribution in [2.24, 2.45) is 5.92 Å². The first kappa shape index (κ1) is 19.1. The molecule has 1 aromatic heterocycles. The summed E-state index contributed by atoms with van der Waals surface area (Å²) in [6.07, 6.45) is 0.0386. The summed E-state index contributed by atoms with van der Waals surface area (Å²) in [6, 6.07) is 13.5. The van der Waals surface area contributed by atoms with Gasteiger partial charge in [-0.15, -0.1) is 11.3 Å². The molecule has 1 atom stereocenters. The number of thiazole rings is 1. The van der Waals surface area contributed by atoms with Crippen molar-refractivity contribution in [2.75, 3.05) is 23.9 Å². The van der Waals surface area contributed by atoms with Gasteiger partial charge in [0.2, 0.25) is 11.8 Å². The number of carbonyl (C=O) groups excluding carboxylic acids is 2. The van der Waals surface area contributed by atoms with Crippen molar-refractivity contribution in [3.8, 4) is 17.0 Å². The zero-order valence-corrected chi connectivity index (χ0v) is 16.4. The number of benzene rings is 2. The lowest BCUT2D eigenvalue weighted by molar-refractivity contribution is -0.122. The molecule has 2 amide bonds. The summed E-state index contributed by atoms with van der Waals surface area (Å²) >= 11 is 1.31. The summed E-state index contributed by atoms with van der Waals surface area (Å²) in [6.45, 7) is 0.141. The Morgan fingerprint density at radius 3 is 2.72 bits per heavy atom. The van der Waals surface area contributed by atoms with Gasteiger partial charge in [-0.3, -0.25) is 9.59 Å². The van der Waals surface area contributed by atoms with E-state index < -0.39 is 11.7 Å². The molecular weight excluding hydrogens is 393 g/mol. The van der Waals surface area contributed by atoms with E-state index in [0.717, 1.165) is 17.0 Å². The molecular formula is C21H18FN3O3S. The Bertz CT molecular complexity index is 1050. The first-order chi connectivity index (χ1) is 14.0. The third-order valence-electron chi connectivity index (χ3n) is 4.76. The Hall–Kier alpha value is -3.26. The van der Waals surface area contributed by atoms with Crippen molar-refractivity contribution < 1.29 is 18.7 Å². The highest BCUT2D eigenvalue weighted by atomic mass is 32.1. The Morgan fingerprint density at radius 1 is 1.24 bits per heavy atom. The number of ether oxygens (including phenoxy) is 1. The monoisotopic (exact) mass is 411 g/mol. The standard InChI is InChI=1S/C21H18FN3O3S/c1-28-15-8-6-13(7-9-15)17-12-29-21(23-17)24-20(27)14-10-19(26)25(11-14)18-5-3-2-4-16(18)22/h2-9,12,14H,10-11H2,1H3,(H,23,24,27)/t14-/m1/s1. The number of para-hydroxylation sites is 1. The number of methoxy groups -OCH3 is 1. The van der Waals surface area contributed by atoms with Crippen LogP contribution in [0, 0.1) is 11.7 Å². The summed E-state index contributed by atoms with van der Waals surface area (Å²) in [7, 11) is 1.60. The largest absolute Gasteiger partial charge is 0.497 e. The summed E-state index contributed by atoms with van der Waals surface area (Å²) in [5.74, 6) is -0.856. The van der Waals surface area contributed by atoms with Crippen LogP contribution >= 0.6 is 11.3 Å². The summed E-state index contributed by atoms with van der Waals surface area (Å²) in [5, 5.41) is 5.08. The minimum atomic E-state index is -0.560. The second-order valence-corrected chi connectivity index (χ2v) is 7.47. The molecule has 1 saturated heterocycles. The Morgan fingerprint density at radius 2 is 2.00 bits per heavy atom. The quantitative estimate of drug-likeness (QED) is 0.690. The molecule has 0 spiro atoms. The van der Waals surface area contributed by atoms with Crippen LogP contribution in [0.5, 0.6) is 5.75 Å². The van der Waals surface area contributed by atoms with Crippen molar-refractivity contribution in [1.29, 1.82) is 0 Å². The molecule has 0 aliphatic carbocycles. The third-order valence-corrected chi connectivity index (χ3v) is 5.52. The molecule has 2 heterocycles. The van der Waals surface area contributed by atoms with Gasteiger partial charge in [-0.2, -0.15) is 0 Å². The van der Waals surface area contributed by atoms with Gasteiger partial charge in [-0.25, -0.2) is 9.37 Å². The van der Waals surface area contributed by atoms with Crippen LogP contribution in [-0.2, 0) is 9.59 Å². The van der Waals surface area contributed by atoms with Crippen LogP contribution in [0.4, 0.5) is 15.2 Å². The van der Waals surface area contributed by atoms with Crippen LogP contribution in [0.25, 0.3) is 11.3 Å². The van der Waals surface area contributed by atoms with E-state index in [-0.39, 0.29) is 30.5 Å². The molecule has 29 heavy (non-hydrogen) atoms. The molecule has 0 radical (unpaired) electrons. The lowest BCUT2D eigenvalue weighted by Gasteiger charge is -2.17. The number of nitrogens with one attached hydrogen (secondary N) is 1. The maximum Gasteiger partial charge on any atom is 0.231 e. The number of aromatic nitrogens is 1. The lowest BCUT2D eigenvalue weighted by atomic mass is 10.1. The smallest absolute Gasteiger partial charge is 0.231 e. The van der Waals surface area contributed by atoms with Crippen molar-refractivity contribution in [1.82, 2.24) is 4.98 Å². The highest BCUT2D eigenvalue weighted by molar-refractivity contribution is 7.14. The molecule has 2 aromatic carbocycles. The first-order valence-corrected chi connectivity index (χ1v) is 9.89.